The highest BCUT2D eigenvalue weighted by Crippen LogP contribution is 2.16. The van der Waals surface area contributed by atoms with Crippen molar-refractivity contribution in [1.29, 1.82) is 0 Å². The first-order valence-electron chi connectivity index (χ1n) is 7.97. The van der Waals surface area contributed by atoms with Gasteiger partial charge in [-0.25, -0.2) is 9.18 Å². The number of benzene rings is 2. The van der Waals surface area contributed by atoms with Crippen LogP contribution in [0, 0.1) is 5.82 Å². The van der Waals surface area contributed by atoms with Gasteiger partial charge in [0.25, 0.3) is 5.91 Å². The lowest BCUT2D eigenvalue weighted by Crippen LogP contribution is -2.42. The van der Waals surface area contributed by atoms with Crippen LogP contribution in [-0.2, 0) is 16.1 Å². The Morgan fingerprint density at radius 3 is 2.58 bits per heavy atom. The molecule has 0 aliphatic heterocycles. The largest absolute Gasteiger partial charge is 0.459 e. The summed E-state index contributed by atoms with van der Waals surface area (Å²) in [6.07, 6.45) is 2.30. The van der Waals surface area contributed by atoms with Gasteiger partial charge in [0.1, 0.15) is 18.5 Å². The van der Waals surface area contributed by atoms with Crippen molar-refractivity contribution in [1.82, 2.24) is 5.32 Å². The molecular formula is C19H19ClFNO3S. The lowest BCUT2D eigenvalue weighted by Gasteiger charge is -2.18. The van der Waals surface area contributed by atoms with E-state index in [4.69, 9.17) is 16.3 Å². The van der Waals surface area contributed by atoms with Crippen LogP contribution in [0.15, 0.2) is 48.5 Å². The highest BCUT2D eigenvalue weighted by Gasteiger charge is 2.23. The summed E-state index contributed by atoms with van der Waals surface area (Å²) >= 11 is 7.57. The Bertz CT molecular complexity index is 772. The van der Waals surface area contributed by atoms with Crippen LogP contribution in [0.5, 0.6) is 0 Å². The van der Waals surface area contributed by atoms with Gasteiger partial charge in [0.15, 0.2) is 0 Å². The molecule has 2 rings (SSSR count). The fourth-order valence-electron chi connectivity index (χ4n) is 2.23. The lowest BCUT2D eigenvalue weighted by atomic mass is 10.1. The van der Waals surface area contributed by atoms with Crippen LogP contribution in [-0.4, -0.2) is 29.9 Å². The average Bonchev–Trinajstić information content (AvgIpc) is 2.64. The smallest absolute Gasteiger partial charge is 0.329 e. The van der Waals surface area contributed by atoms with Crippen LogP contribution < -0.4 is 5.32 Å². The molecule has 2 aromatic rings. The minimum Gasteiger partial charge on any atom is -0.459 e. The van der Waals surface area contributed by atoms with Crippen molar-refractivity contribution in [2.45, 2.75) is 19.1 Å². The van der Waals surface area contributed by atoms with Crippen molar-refractivity contribution in [3.63, 3.8) is 0 Å². The molecule has 0 fully saturated rings. The molecule has 7 heteroatoms. The molecular weight excluding hydrogens is 377 g/mol. The summed E-state index contributed by atoms with van der Waals surface area (Å²) in [7, 11) is 0. The molecule has 0 saturated heterocycles. The first kappa shape index (κ1) is 20.3. The second-order valence-corrected chi connectivity index (χ2v) is 6.88. The minimum atomic E-state index is -0.835. The summed E-state index contributed by atoms with van der Waals surface area (Å²) in [6.45, 7) is -0.191. The van der Waals surface area contributed by atoms with E-state index < -0.39 is 23.7 Å². The Morgan fingerprint density at radius 1 is 1.19 bits per heavy atom. The van der Waals surface area contributed by atoms with Gasteiger partial charge in [-0.3, -0.25) is 4.79 Å². The summed E-state index contributed by atoms with van der Waals surface area (Å²) < 4.78 is 18.8. The van der Waals surface area contributed by atoms with Crippen LogP contribution in [0.4, 0.5) is 4.39 Å². The minimum absolute atomic E-state index is 0.191. The van der Waals surface area contributed by atoms with E-state index in [0.29, 0.717) is 17.2 Å². The number of amides is 1. The molecule has 1 atom stereocenters. The van der Waals surface area contributed by atoms with E-state index in [2.05, 4.69) is 5.32 Å². The Balaban J connectivity index is 2.03. The molecule has 0 saturated carbocycles. The third-order valence-electron chi connectivity index (χ3n) is 3.65. The zero-order valence-corrected chi connectivity index (χ0v) is 15.8. The molecule has 2 aromatic carbocycles. The zero-order chi connectivity index (χ0) is 18.9. The molecule has 1 unspecified atom stereocenters. The van der Waals surface area contributed by atoms with Crippen molar-refractivity contribution in [2.75, 3.05) is 12.0 Å². The Labute approximate surface area is 161 Å². The fraction of sp³-hybridized carbons (Fsp3) is 0.263. The topological polar surface area (TPSA) is 55.4 Å². The van der Waals surface area contributed by atoms with Gasteiger partial charge in [-0.15, -0.1) is 0 Å². The molecule has 0 bridgehead atoms. The number of hydrogen-bond acceptors (Lipinski definition) is 4. The standard InChI is InChI=1S/C19H19ClFNO3S/c1-26-11-10-17(22-18(23)14-7-3-4-8-15(14)20)19(24)25-12-13-6-2-5-9-16(13)21/h2-9,17H,10-12H2,1H3,(H,22,23). The van der Waals surface area contributed by atoms with Gasteiger partial charge < -0.3 is 10.1 Å². The van der Waals surface area contributed by atoms with Gasteiger partial charge in [-0.2, -0.15) is 11.8 Å². The number of thioether (sulfide) groups is 1. The van der Waals surface area contributed by atoms with E-state index in [0.717, 1.165) is 0 Å². The Morgan fingerprint density at radius 2 is 1.88 bits per heavy atom. The number of rotatable bonds is 8. The number of hydrogen-bond donors (Lipinski definition) is 1. The van der Waals surface area contributed by atoms with Crippen LogP contribution >= 0.6 is 23.4 Å². The fourth-order valence-corrected chi connectivity index (χ4v) is 2.92. The van der Waals surface area contributed by atoms with E-state index in [1.807, 2.05) is 6.26 Å². The van der Waals surface area contributed by atoms with E-state index in [1.54, 1.807) is 54.2 Å². The van der Waals surface area contributed by atoms with E-state index >= 15 is 0 Å². The highest BCUT2D eigenvalue weighted by atomic mass is 35.5. The van der Waals surface area contributed by atoms with Gasteiger partial charge in [-0.1, -0.05) is 41.9 Å². The normalized spacial score (nSPS) is 11.7. The second kappa shape index (κ2) is 10.2. The summed E-state index contributed by atoms with van der Waals surface area (Å²) in [5.41, 5.74) is 0.562. The first-order valence-corrected chi connectivity index (χ1v) is 9.74. The van der Waals surface area contributed by atoms with Gasteiger partial charge in [-0.05, 0) is 36.6 Å². The number of carbonyl (C=O) groups is 2. The molecule has 4 nitrogen and oxygen atoms in total. The first-order chi connectivity index (χ1) is 12.5. The number of carbonyl (C=O) groups excluding carboxylic acids is 2. The number of nitrogens with one attached hydrogen (secondary N) is 1. The molecule has 26 heavy (non-hydrogen) atoms. The number of halogens is 2. The lowest BCUT2D eigenvalue weighted by molar-refractivity contribution is -0.147. The van der Waals surface area contributed by atoms with Crippen molar-refractivity contribution in [2.24, 2.45) is 0 Å². The number of esters is 1. The maximum Gasteiger partial charge on any atom is 0.329 e. The van der Waals surface area contributed by atoms with Crippen LogP contribution in [0.25, 0.3) is 0 Å². The molecule has 0 spiro atoms. The van der Waals surface area contributed by atoms with Crippen molar-refractivity contribution >= 4 is 35.2 Å². The predicted octanol–water partition coefficient (Wildman–Crippen LogP) is 4.07. The molecule has 1 amide bonds. The van der Waals surface area contributed by atoms with Crippen LogP contribution in [0.2, 0.25) is 5.02 Å². The summed E-state index contributed by atoms with van der Waals surface area (Å²) in [5.74, 6) is -0.851. The zero-order valence-electron chi connectivity index (χ0n) is 14.2. The SMILES string of the molecule is CSCCC(NC(=O)c1ccccc1Cl)C(=O)OCc1ccccc1F. The van der Waals surface area contributed by atoms with Crippen molar-refractivity contribution in [3.8, 4) is 0 Å². The molecule has 1 N–H and O–H groups in total. The maximum atomic E-state index is 13.6. The van der Waals surface area contributed by atoms with Crippen molar-refractivity contribution in [3.05, 3.63) is 70.5 Å². The number of ether oxygens (including phenoxy) is 1. The van der Waals surface area contributed by atoms with Gasteiger partial charge in [0, 0.05) is 5.56 Å². The quantitative estimate of drug-likeness (QED) is 0.684. The van der Waals surface area contributed by atoms with Gasteiger partial charge in [0.2, 0.25) is 0 Å². The average molecular weight is 396 g/mol. The molecule has 0 aromatic heterocycles. The third-order valence-corrected chi connectivity index (χ3v) is 4.62. The van der Waals surface area contributed by atoms with Crippen LogP contribution in [0.1, 0.15) is 22.3 Å². The predicted molar refractivity (Wildman–Crippen MR) is 102 cm³/mol. The summed E-state index contributed by atoms with van der Waals surface area (Å²) in [5, 5.41) is 2.95. The third kappa shape index (κ3) is 5.75. The Hall–Kier alpha value is -2.05. The van der Waals surface area contributed by atoms with E-state index in [-0.39, 0.29) is 17.7 Å². The highest BCUT2D eigenvalue weighted by molar-refractivity contribution is 7.98. The van der Waals surface area contributed by atoms with E-state index in [1.165, 1.54) is 6.07 Å². The van der Waals surface area contributed by atoms with Crippen molar-refractivity contribution < 1.29 is 18.7 Å². The summed E-state index contributed by atoms with van der Waals surface area (Å²) in [6, 6.07) is 11.8. The van der Waals surface area contributed by atoms with Gasteiger partial charge in [0.05, 0.1) is 10.6 Å². The monoisotopic (exact) mass is 395 g/mol. The summed E-state index contributed by atoms with van der Waals surface area (Å²) in [4.78, 5) is 24.8. The second-order valence-electron chi connectivity index (χ2n) is 5.49. The Kier molecular flexibility index (Phi) is 7.94. The molecule has 0 aliphatic carbocycles. The molecule has 0 heterocycles. The van der Waals surface area contributed by atoms with E-state index in [9.17, 15) is 14.0 Å². The molecule has 0 radical (unpaired) electrons. The molecule has 138 valence electrons. The maximum absolute atomic E-state index is 13.6. The van der Waals surface area contributed by atoms with Gasteiger partial charge >= 0.3 is 5.97 Å². The molecule has 0 aliphatic rings. The van der Waals surface area contributed by atoms with Crippen LogP contribution in [0.3, 0.4) is 0 Å².